The van der Waals surface area contributed by atoms with Crippen LogP contribution in [0.15, 0.2) is 60.7 Å². The van der Waals surface area contributed by atoms with Crippen LogP contribution in [0.3, 0.4) is 0 Å². The molecule has 0 spiro atoms. The third kappa shape index (κ3) is 4.46. The van der Waals surface area contributed by atoms with Gasteiger partial charge in [-0.2, -0.15) is 0 Å². The topological polar surface area (TPSA) is 49.4 Å². The molecule has 154 valence electrons. The molecule has 0 aliphatic carbocycles. The monoisotopic (exact) mass is 424 g/mol. The highest BCUT2D eigenvalue weighted by atomic mass is 35.5. The van der Waals surface area contributed by atoms with Crippen LogP contribution in [0.1, 0.15) is 18.4 Å². The van der Waals surface area contributed by atoms with Crippen LogP contribution in [-0.2, 0) is 16.0 Å². The normalized spacial score (nSPS) is 16.5. The molecule has 30 heavy (non-hydrogen) atoms. The van der Waals surface area contributed by atoms with Gasteiger partial charge in [-0.15, -0.1) is 0 Å². The molecule has 1 saturated heterocycles. The average Bonchev–Trinajstić information content (AvgIpc) is 2.76. The van der Waals surface area contributed by atoms with Crippen molar-refractivity contribution in [1.82, 2.24) is 4.90 Å². The van der Waals surface area contributed by atoms with E-state index in [1.807, 2.05) is 42.5 Å². The lowest BCUT2D eigenvalue weighted by Gasteiger charge is -2.32. The number of nitrogens with zero attached hydrogens (tertiary/aromatic N) is 1. The van der Waals surface area contributed by atoms with Gasteiger partial charge in [-0.25, -0.2) is 4.39 Å². The molecule has 3 aromatic rings. The Bertz CT molecular complexity index is 1100. The summed E-state index contributed by atoms with van der Waals surface area (Å²) in [5.74, 6) is -0.966. The fourth-order valence-corrected chi connectivity index (χ4v) is 4.18. The summed E-state index contributed by atoms with van der Waals surface area (Å²) in [7, 11) is 0. The Kier molecular flexibility index (Phi) is 6.00. The molecule has 2 amide bonds. The number of amides is 2. The van der Waals surface area contributed by atoms with Crippen LogP contribution >= 0.6 is 11.6 Å². The maximum Gasteiger partial charge on any atom is 0.229 e. The first-order chi connectivity index (χ1) is 14.5. The van der Waals surface area contributed by atoms with Crippen molar-refractivity contribution < 1.29 is 14.0 Å². The molecule has 1 fully saturated rings. The van der Waals surface area contributed by atoms with E-state index in [-0.39, 0.29) is 22.8 Å². The van der Waals surface area contributed by atoms with Crippen molar-refractivity contribution in [2.24, 2.45) is 5.92 Å². The smallest absolute Gasteiger partial charge is 0.229 e. The van der Waals surface area contributed by atoms with Crippen molar-refractivity contribution in [3.63, 3.8) is 0 Å². The molecule has 1 aliphatic rings. The number of piperidine rings is 1. The lowest BCUT2D eigenvalue weighted by atomic mass is 9.95. The molecule has 0 bridgehead atoms. The third-order valence-electron chi connectivity index (χ3n) is 5.56. The molecule has 3 aromatic carbocycles. The van der Waals surface area contributed by atoms with Crippen LogP contribution in [0, 0.1) is 11.7 Å². The van der Waals surface area contributed by atoms with E-state index in [1.165, 1.54) is 12.1 Å². The minimum atomic E-state index is -0.458. The predicted molar refractivity (Wildman–Crippen MR) is 117 cm³/mol. The van der Waals surface area contributed by atoms with Crippen molar-refractivity contribution in [3.8, 4) is 0 Å². The zero-order valence-electron chi connectivity index (χ0n) is 16.4. The molecule has 4 nitrogen and oxygen atoms in total. The molecule has 1 N–H and O–H groups in total. The molecular weight excluding hydrogens is 403 g/mol. The van der Waals surface area contributed by atoms with Crippen molar-refractivity contribution >= 4 is 39.9 Å². The first-order valence-electron chi connectivity index (χ1n) is 10.0. The van der Waals surface area contributed by atoms with Gasteiger partial charge < -0.3 is 10.2 Å². The van der Waals surface area contributed by atoms with Crippen LogP contribution in [0.4, 0.5) is 10.1 Å². The molecule has 0 unspecified atom stereocenters. The molecule has 4 rings (SSSR count). The fraction of sp³-hybridized carbons (Fsp3) is 0.250. The fourth-order valence-electron chi connectivity index (χ4n) is 3.96. The number of fused-ring (bicyclic) bond motifs is 1. The van der Waals surface area contributed by atoms with Crippen molar-refractivity contribution in [2.45, 2.75) is 19.3 Å². The molecule has 1 heterocycles. The van der Waals surface area contributed by atoms with E-state index in [0.29, 0.717) is 31.6 Å². The highest BCUT2D eigenvalue weighted by Crippen LogP contribution is 2.26. The lowest BCUT2D eigenvalue weighted by molar-refractivity contribution is -0.133. The van der Waals surface area contributed by atoms with Crippen molar-refractivity contribution in [1.29, 1.82) is 0 Å². The second-order valence-corrected chi connectivity index (χ2v) is 8.01. The standard InChI is InChI=1S/C24H22ClFN2O2/c25-21-14-19(26)10-11-22(21)27-24(30)18-8-4-12-28(15-18)23(29)13-17-7-3-6-16-5-1-2-9-20(16)17/h1-3,5-7,9-11,14,18H,4,8,12-13,15H2,(H,27,30)/t18-/m0/s1. The summed E-state index contributed by atoms with van der Waals surface area (Å²) in [6.07, 6.45) is 1.76. The molecule has 0 saturated carbocycles. The molecule has 0 radical (unpaired) electrons. The van der Waals surface area contributed by atoms with E-state index < -0.39 is 5.82 Å². The summed E-state index contributed by atoms with van der Waals surface area (Å²) in [5, 5.41) is 5.10. The Hall–Kier alpha value is -2.92. The Balaban J connectivity index is 1.43. The lowest BCUT2D eigenvalue weighted by Crippen LogP contribution is -2.44. The van der Waals surface area contributed by atoms with Crippen LogP contribution in [0.25, 0.3) is 10.8 Å². The van der Waals surface area contributed by atoms with Gasteiger partial charge in [-0.3, -0.25) is 9.59 Å². The van der Waals surface area contributed by atoms with Gasteiger partial charge in [0.2, 0.25) is 11.8 Å². The van der Waals surface area contributed by atoms with Crippen molar-refractivity contribution in [3.05, 3.63) is 77.1 Å². The number of hydrogen-bond acceptors (Lipinski definition) is 2. The van der Waals surface area contributed by atoms with E-state index in [1.54, 1.807) is 4.90 Å². The minimum absolute atomic E-state index is 0.0173. The second kappa shape index (κ2) is 8.84. The Labute approximate surface area is 179 Å². The molecule has 1 atom stereocenters. The number of benzene rings is 3. The quantitative estimate of drug-likeness (QED) is 0.637. The summed E-state index contributed by atoms with van der Waals surface area (Å²) in [4.78, 5) is 27.4. The van der Waals surface area contributed by atoms with Gasteiger partial charge in [0.25, 0.3) is 0 Å². The summed E-state index contributed by atoms with van der Waals surface area (Å²) in [6, 6.07) is 17.8. The van der Waals surface area contributed by atoms with E-state index in [9.17, 15) is 14.0 Å². The van der Waals surface area contributed by atoms with Gasteiger partial charge in [-0.05, 0) is 47.4 Å². The Morgan fingerprint density at radius 2 is 1.90 bits per heavy atom. The highest BCUT2D eigenvalue weighted by Gasteiger charge is 2.29. The molecule has 1 aliphatic heterocycles. The number of carbonyl (C=O) groups is 2. The average molecular weight is 425 g/mol. The van der Waals surface area contributed by atoms with E-state index >= 15 is 0 Å². The largest absolute Gasteiger partial charge is 0.342 e. The zero-order chi connectivity index (χ0) is 21.1. The Morgan fingerprint density at radius 3 is 2.73 bits per heavy atom. The van der Waals surface area contributed by atoms with Crippen LogP contribution in [-0.4, -0.2) is 29.8 Å². The van der Waals surface area contributed by atoms with Crippen LogP contribution < -0.4 is 5.32 Å². The number of anilines is 1. The summed E-state index contributed by atoms with van der Waals surface area (Å²) >= 11 is 6.01. The maximum absolute atomic E-state index is 13.2. The van der Waals surface area contributed by atoms with Gasteiger partial charge in [-0.1, -0.05) is 54.1 Å². The summed E-state index contributed by atoms with van der Waals surface area (Å²) in [5.41, 5.74) is 1.37. The number of likely N-dealkylation sites (tertiary alicyclic amines) is 1. The van der Waals surface area contributed by atoms with Gasteiger partial charge in [0.15, 0.2) is 0 Å². The SMILES string of the molecule is O=C(Nc1ccc(F)cc1Cl)[C@H]1CCCN(C(=O)Cc2cccc3ccccc23)C1. The van der Waals surface area contributed by atoms with E-state index in [2.05, 4.69) is 5.32 Å². The predicted octanol–water partition coefficient (Wildman–Crippen LogP) is 5.05. The van der Waals surface area contributed by atoms with Gasteiger partial charge in [0, 0.05) is 13.1 Å². The van der Waals surface area contributed by atoms with E-state index in [4.69, 9.17) is 11.6 Å². The number of hydrogen-bond donors (Lipinski definition) is 1. The molecule has 6 heteroatoms. The first kappa shape index (κ1) is 20.4. The van der Waals surface area contributed by atoms with E-state index in [0.717, 1.165) is 28.8 Å². The molecular formula is C24H22ClFN2O2. The number of carbonyl (C=O) groups excluding carboxylic acids is 2. The summed E-state index contributed by atoms with van der Waals surface area (Å²) < 4.78 is 13.2. The number of halogens is 2. The minimum Gasteiger partial charge on any atom is -0.342 e. The summed E-state index contributed by atoms with van der Waals surface area (Å²) in [6.45, 7) is 1.01. The number of rotatable bonds is 4. The maximum atomic E-state index is 13.2. The Morgan fingerprint density at radius 1 is 1.10 bits per heavy atom. The molecule has 0 aromatic heterocycles. The van der Waals surface area contributed by atoms with Gasteiger partial charge in [0.05, 0.1) is 23.0 Å². The number of nitrogens with one attached hydrogen (secondary N) is 1. The van der Waals surface area contributed by atoms with Crippen LogP contribution in [0.2, 0.25) is 5.02 Å². The zero-order valence-corrected chi connectivity index (χ0v) is 17.2. The highest BCUT2D eigenvalue weighted by molar-refractivity contribution is 6.33. The van der Waals surface area contributed by atoms with Gasteiger partial charge in [0.1, 0.15) is 5.82 Å². The van der Waals surface area contributed by atoms with Crippen LogP contribution in [0.5, 0.6) is 0 Å². The second-order valence-electron chi connectivity index (χ2n) is 7.61. The first-order valence-corrected chi connectivity index (χ1v) is 10.4. The van der Waals surface area contributed by atoms with Gasteiger partial charge >= 0.3 is 0 Å². The third-order valence-corrected chi connectivity index (χ3v) is 5.87. The van der Waals surface area contributed by atoms with Crippen molar-refractivity contribution in [2.75, 3.05) is 18.4 Å².